The summed E-state index contributed by atoms with van der Waals surface area (Å²) in [4.78, 5) is 43.1. The fourth-order valence-electron chi connectivity index (χ4n) is 2.79. The maximum atomic E-state index is 13.6. The topological polar surface area (TPSA) is 101 Å². The molecule has 30 heavy (non-hydrogen) atoms. The number of rotatable bonds is 7. The summed E-state index contributed by atoms with van der Waals surface area (Å²) in [5, 5.41) is 2.72. The van der Waals surface area contributed by atoms with Crippen molar-refractivity contribution in [2.45, 2.75) is 32.3 Å². The number of amides is 1. The molecule has 0 bridgehead atoms. The molecule has 1 unspecified atom stereocenters. The van der Waals surface area contributed by atoms with E-state index in [1.807, 2.05) is 0 Å². The molecule has 9 heteroatoms. The van der Waals surface area contributed by atoms with E-state index >= 15 is 0 Å². The van der Waals surface area contributed by atoms with Gasteiger partial charge in [-0.05, 0) is 37.6 Å². The minimum atomic E-state index is -1.17. The Morgan fingerprint density at radius 3 is 2.73 bits per heavy atom. The number of fused-ring (bicyclic) bond motifs is 1. The molecule has 0 saturated heterocycles. The predicted octanol–water partition coefficient (Wildman–Crippen LogP) is 3.09. The number of aromatic amines is 1. The lowest BCUT2D eigenvalue weighted by Crippen LogP contribution is -2.30. The SMILES string of the molecule is CC(OC(=O)CCCc1nc2ccccc2c(=O)[nH]1)C(=O)Nc1ccc(F)cc1F. The highest BCUT2D eigenvalue weighted by atomic mass is 19.1. The first-order chi connectivity index (χ1) is 14.3. The second-order valence-corrected chi connectivity index (χ2v) is 6.63. The summed E-state index contributed by atoms with van der Waals surface area (Å²) < 4.78 is 31.5. The molecule has 3 rings (SSSR count). The molecule has 1 amide bonds. The zero-order valence-electron chi connectivity index (χ0n) is 16.1. The third-order valence-electron chi connectivity index (χ3n) is 4.32. The van der Waals surface area contributed by atoms with Gasteiger partial charge >= 0.3 is 5.97 Å². The van der Waals surface area contributed by atoms with E-state index in [2.05, 4.69) is 15.3 Å². The molecule has 0 radical (unpaired) electrons. The first-order valence-corrected chi connectivity index (χ1v) is 9.27. The van der Waals surface area contributed by atoms with E-state index in [1.165, 1.54) is 6.92 Å². The Labute approximate surface area is 170 Å². The number of anilines is 1. The second-order valence-electron chi connectivity index (χ2n) is 6.63. The van der Waals surface area contributed by atoms with E-state index in [-0.39, 0.29) is 17.7 Å². The number of carbonyl (C=O) groups excluding carboxylic acids is 2. The summed E-state index contributed by atoms with van der Waals surface area (Å²) >= 11 is 0. The van der Waals surface area contributed by atoms with Gasteiger partial charge in [-0.2, -0.15) is 0 Å². The van der Waals surface area contributed by atoms with E-state index in [9.17, 15) is 23.2 Å². The normalized spacial score (nSPS) is 11.8. The summed E-state index contributed by atoms with van der Waals surface area (Å²) in [6.07, 6.45) is -0.475. The fraction of sp³-hybridized carbons (Fsp3) is 0.238. The summed E-state index contributed by atoms with van der Waals surface area (Å²) in [5.41, 5.74) is 0.101. The second kappa shape index (κ2) is 9.25. The van der Waals surface area contributed by atoms with Crippen LogP contribution in [0.15, 0.2) is 47.3 Å². The van der Waals surface area contributed by atoms with Crippen LogP contribution in [0, 0.1) is 11.6 Å². The molecule has 2 aromatic carbocycles. The number of aryl methyl sites for hydroxylation is 1. The Morgan fingerprint density at radius 2 is 1.97 bits per heavy atom. The van der Waals surface area contributed by atoms with Gasteiger partial charge in [-0.3, -0.25) is 14.4 Å². The monoisotopic (exact) mass is 415 g/mol. The molecule has 0 aliphatic carbocycles. The highest BCUT2D eigenvalue weighted by Crippen LogP contribution is 2.15. The van der Waals surface area contributed by atoms with Crippen LogP contribution in [-0.4, -0.2) is 27.9 Å². The smallest absolute Gasteiger partial charge is 0.306 e. The zero-order chi connectivity index (χ0) is 21.7. The highest BCUT2D eigenvalue weighted by molar-refractivity contribution is 5.95. The van der Waals surface area contributed by atoms with Gasteiger partial charge in [-0.1, -0.05) is 12.1 Å². The molecular weight excluding hydrogens is 396 g/mol. The van der Waals surface area contributed by atoms with E-state index in [0.717, 1.165) is 12.1 Å². The van der Waals surface area contributed by atoms with Gasteiger partial charge in [0.15, 0.2) is 6.10 Å². The first-order valence-electron chi connectivity index (χ1n) is 9.27. The van der Waals surface area contributed by atoms with Crippen LogP contribution in [0.2, 0.25) is 0 Å². The maximum absolute atomic E-state index is 13.6. The summed E-state index contributed by atoms with van der Waals surface area (Å²) in [7, 11) is 0. The van der Waals surface area contributed by atoms with Gasteiger partial charge in [-0.15, -0.1) is 0 Å². The molecule has 156 valence electrons. The summed E-state index contributed by atoms with van der Waals surface area (Å²) in [6.45, 7) is 1.34. The average Bonchev–Trinajstić information content (AvgIpc) is 2.70. The highest BCUT2D eigenvalue weighted by Gasteiger charge is 2.19. The van der Waals surface area contributed by atoms with Crippen molar-refractivity contribution >= 4 is 28.5 Å². The molecule has 0 aliphatic heterocycles. The lowest BCUT2D eigenvalue weighted by Gasteiger charge is -2.14. The van der Waals surface area contributed by atoms with Gasteiger partial charge in [0.1, 0.15) is 17.5 Å². The Hall–Kier alpha value is -3.62. The van der Waals surface area contributed by atoms with Crippen LogP contribution in [0.25, 0.3) is 10.9 Å². The number of aromatic nitrogens is 2. The lowest BCUT2D eigenvalue weighted by molar-refractivity contribution is -0.153. The van der Waals surface area contributed by atoms with Gasteiger partial charge < -0.3 is 15.0 Å². The van der Waals surface area contributed by atoms with E-state index in [4.69, 9.17) is 4.74 Å². The van der Waals surface area contributed by atoms with Crippen LogP contribution in [0.3, 0.4) is 0 Å². The zero-order valence-corrected chi connectivity index (χ0v) is 16.1. The number of ether oxygens (including phenoxy) is 1. The number of nitrogens with one attached hydrogen (secondary N) is 2. The van der Waals surface area contributed by atoms with Crippen molar-refractivity contribution in [2.75, 3.05) is 5.32 Å². The third-order valence-corrected chi connectivity index (χ3v) is 4.32. The predicted molar refractivity (Wildman–Crippen MR) is 106 cm³/mol. The molecule has 0 spiro atoms. The van der Waals surface area contributed by atoms with Crippen LogP contribution in [-0.2, 0) is 20.7 Å². The number of halogens is 2. The quantitative estimate of drug-likeness (QED) is 0.578. The summed E-state index contributed by atoms with van der Waals surface area (Å²) in [6, 6.07) is 9.64. The van der Waals surface area contributed by atoms with E-state index in [1.54, 1.807) is 24.3 Å². The average molecular weight is 415 g/mol. The van der Waals surface area contributed by atoms with Crippen LogP contribution in [0.5, 0.6) is 0 Å². The molecule has 1 heterocycles. The third kappa shape index (κ3) is 5.25. The number of hydrogen-bond donors (Lipinski definition) is 2. The molecule has 3 aromatic rings. The fourth-order valence-corrected chi connectivity index (χ4v) is 2.79. The lowest BCUT2D eigenvalue weighted by atomic mass is 10.2. The van der Waals surface area contributed by atoms with Crippen molar-refractivity contribution in [3.05, 3.63) is 70.3 Å². The number of para-hydroxylation sites is 1. The number of H-pyrrole nitrogens is 1. The number of benzene rings is 2. The van der Waals surface area contributed by atoms with Crippen LogP contribution >= 0.6 is 0 Å². The largest absolute Gasteiger partial charge is 0.453 e. The molecular formula is C21H19F2N3O4. The molecule has 2 N–H and O–H groups in total. The Morgan fingerprint density at radius 1 is 1.20 bits per heavy atom. The van der Waals surface area contributed by atoms with Crippen molar-refractivity contribution in [1.82, 2.24) is 9.97 Å². The van der Waals surface area contributed by atoms with E-state index in [0.29, 0.717) is 35.6 Å². The van der Waals surface area contributed by atoms with Gasteiger partial charge in [0, 0.05) is 18.9 Å². The molecule has 0 fully saturated rings. The van der Waals surface area contributed by atoms with Crippen LogP contribution in [0.1, 0.15) is 25.6 Å². The molecule has 1 atom stereocenters. The first kappa shape index (κ1) is 21.1. The van der Waals surface area contributed by atoms with Crippen molar-refractivity contribution in [2.24, 2.45) is 0 Å². The van der Waals surface area contributed by atoms with Crippen LogP contribution < -0.4 is 10.9 Å². The standard InChI is InChI=1S/C21H19F2N3O4/c1-12(20(28)25-17-10-9-13(22)11-15(17)23)30-19(27)8-4-7-18-24-16-6-3-2-5-14(16)21(29)26-18/h2-3,5-6,9-12H,4,7-8H2,1H3,(H,25,28)(H,24,26,29). The molecule has 0 aliphatic rings. The van der Waals surface area contributed by atoms with Gasteiger partial charge in [0.05, 0.1) is 16.6 Å². The minimum Gasteiger partial charge on any atom is -0.453 e. The van der Waals surface area contributed by atoms with Gasteiger partial charge in [-0.25, -0.2) is 13.8 Å². The maximum Gasteiger partial charge on any atom is 0.306 e. The summed E-state index contributed by atoms with van der Waals surface area (Å²) in [5.74, 6) is -2.62. The molecule has 7 nitrogen and oxygen atoms in total. The Kier molecular flexibility index (Phi) is 6.51. The van der Waals surface area contributed by atoms with Crippen molar-refractivity contribution in [1.29, 1.82) is 0 Å². The number of nitrogens with zero attached hydrogens (tertiary/aromatic N) is 1. The minimum absolute atomic E-state index is 0.000926. The molecule has 1 aromatic heterocycles. The van der Waals surface area contributed by atoms with Crippen molar-refractivity contribution < 1.29 is 23.1 Å². The Balaban J connectivity index is 1.49. The number of hydrogen-bond acceptors (Lipinski definition) is 5. The van der Waals surface area contributed by atoms with E-state index < -0.39 is 29.6 Å². The van der Waals surface area contributed by atoms with Crippen molar-refractivity contribution in [3.63, 3.8) is 0 Å². The van der Waals surface area contributed by atoms with Gasteiger partial charge in [0.25, 0.3) is 11.5 Å². The van der Waals surface area contributed by atoms with Crippen LogP contribution in [0.4, 0.5) is 14.5 Å². The van der Waals surface area contributed by atoms with Gasteiger partial charge in [0.2, 0.25) is 0 Å². The van der Waals surface area contributed by atoms with Crippen molar-refractivity contribution in [3.8, 4) is 0 Å². The number of esters is 1. The Bertz CT molecular complexity index is 1150. The number of carbonyl (C=O) groups is 2. The molecule has 0 saturated carbocycles.